The minimum absolute atomic E-state index is 0. The number of anilines is 5. The number of aromatic nitrogens is 1. The van der Waals surface area contributed by atoms with Crippen molar-refractivity contribution in [1.82, 2.24) is 4.98 Å². The maximum absolute atomic E-state index is 12.7. The van der Waals surface area contributed by atoms with Crippen LogP contribution in [0.1, 0.15) is 101 Å². The fourth-order valence-corrected chi connectivity index (χ4v) is 7.72. The molecule has 6 aromatic carbocycles. The summed E-state index contributed by atoms with van der Waals surface area (Å²) in [6.45, 7) is 13.3. The smallest absolute Gasteiger partial charge is 0.657 e. The van der Waals surface area contributed by atoms with Gasteiger partial charge in [-0.15, -0.1) is 46.2 Å². The maximum atomic E-state index is 12.7. The van der Waals surface area contributed by atoms with Gasteiger partial charge in [0.2, 0.25) is 0 Å². The second kappa shape index (κ2) is 19.0. The number of benzene rings is 6. The Morgan fingerprint density at radius 2 is 1.28 bits per heavy atom. The summed E-state index contributed by atoms with van der Waals surface area (Å²) >= 11 is 0. The number of hydrogen-bond donors (Lipinski definition) is 1. The number of hydrogen-bond acceptors (Lipinski definition) is 4. The van der Waals surface area contributed by atoms with E-state index in [1.165, 1.54) is 33.2 Å². The van der Waals surface area contributed by atoms with Crippen LogP contribution in [0.15, 0.2) is 109 Å². The third-order valence-electron chi connectivity index (χ3n) is 11.1. The van der Waals surface area contributed by atoms with Crippen molar-refractivity contribution in [3.63, 3.8) is 0 Å². The second-order valence-electron chi connectivity index (χ2n) is 16.6. The van der Waals surface area contributed by atoms with Gasteiger partial charge in [0.05, 0.1) is 11.1 Å². The van der Waals surface area contributed by atoms with E-state index in [2.05, 4.69) is 70.0 Å². The van der Waals surface area contributed by atoms with Gasteiger partial charge >= 0.3 is 33.4 Å². The number of nitrogens with zero attached hydrogens (tertiary/aromatic N) is 4. The first-order chi connectivity index (χ1) is 32.1. The van der Waals surface area contributed by atoms with E-state index < -0.39 is 37.4 Å². The Kier molecular flexibility index (Phi) is 11.9. The molecule has 0 bridgehead atoms. The van der Waals surface area contributed by atoms with Crippen molar-refractivity contribution in [2.75, 3.05) is 34.0 Å². The van der Waals surface area contributed by atoms with Crippen molar-refractivity contribution < 1.29 is 55.6 Å². The summed E-state index contributed by atoms with van der Waals surface area (Å²) in [5.41, 5.74) is 8.23. The van der Waals surface area contributed by atoms with Crippen LogP contribution in [-0.4, -0.2) is 14.0 Å². The molecule has 1 aliphatic heterocycles. The molecular formula is C52H51F6N5Pt. The Hall–Kier alpha value is -5.41. The summed E-state index contributed by atoms with van der Waals surface area (Å²) in [6, 6.07) is 32.5. The molecule has 1 aliphatic rings. The minimum atomic E-state index is -4.56. The Morgan fingerprint density at radius 3 is 1.80 bits per heavy atom. The monoisotopic (exact) mass is 1060 g/mol. The van der Waals surface area contributed by atoms with E-state index >= 15 is 0 Å². The van der Waals surface area contributed by atoms with E-state index in [0.29, 0.717) is 34.4 Å². The molecule has 0 radical (unpaired) electrons. The molecule has 0 atom stereocenters. The molecular weight excluding hydrogens is 1000 g/mol. The van der Waals surface area contributed by atoms with E-state index in [1.807, 2.05) is 60.4 Å². The molecule has 5 nitrogen and oxygen atoms in total. The molecule has 0 spiro atoms. The zero-order valence-electron chi connectivity index (χ0n) is 42.2. The number of aryl methyl sites for hydroxylation is 1. The van der Waals surface area contributed by atoms with Crippen LogP contribution in [0.5, 0.6) is 0 Å². The summed E-state index contributed by atoms with van der Waals surface area (Å²) in [6.07, 6.45) is -9.11. The van der Waals surface area contributed by atoms with E-state index in [0.717, 1.165) is 53.1 Å². The zero-order valence-corrected chi connectivity index (χ0v) is 38.4. The topological polar surface area (TPSA) is 35.9 Å². The standard InChI is InChI=1S/C38H45N4.C14H6F6N.Pt/c1-25(2)29-20-33(26(3)4)38(34(21-29)27(5)6)30-18-31(39-23-40(8)35-15-11-10-14-28(35)7)22-32(19-30)42-24-41(9)36-16-12-13-17-37(36)42;15-13(16,17)7-1-3-11-9(5-7)10-6-8(14(18,19)20)2-4-12(10)21-11;/h10-21,23-27,39H,1-9H3;1-6H;/q-3;-1;+4/i8D3,9D3;;. The largest absolute Gasteiger partial charge is 4.00 e. The third-order valence-corrected chi connectivity index (χ3v) is 11.1. The molecule has 12 heteroatoms. The van der Waals surface area contributed by atoms with E-state index in [9.17, 15) is 26.3 Å². The van der Waals surface area contributed by atoms with Crippen molar-refractivity contribution in [2.24, 2.45) is 0 Å². The maximum Gasteiger partial charge on any atom is 4.00 e. The molecule has 0 saturated carbocycles. The van der Waals surface area contributed by atoms with Crippen LogP contribution in [0.3, 0.4) is 0 Å². The molecule has 64 heavy (non-hydrogen) atoms. The SMILES string of the molecule is FC(F)(F)c1ccc2[n-]c3ccc(C(F)(F)F)cc3c2c1.[2H]C([2H])([2H])N([CH-]Nc1[c-]c(N2[CH-]N(C([2H])([2H])[2H])c3ccccc32)cc(-c2c(C(C)C)cc(C(C)C)cc2C(C)C)c1)c1ccccc1C.[Pt+4]. The van der Waals surface area contributed by atoms with Gasteiger partial charge in [-0.05, 0) is 108 Å². The number of rotatable bonds is 9. The first-order valence-corrected chi connectivity index (χ1v) is 20.5. The predicted octanol–water partition coefficient (Wildman–Crippen LogP) is 15.2. The van der Waals surface area contributed by atoms with Gasteiger partial charge in [0.25, 0.3) is 0 Å². The normalized spacial score (nSPS) is 14.6. The molecule has 7 aromatic rings. The van der Waals surface area contributed by atoms with Crippen LogP contribution in [0.4, 0.5) is 54.8 Å². The van der Waals surface area contributed by atoms with Crippen molar-refractivity contribution >= 4 is 50.2 Å². The molecule has 0 aliphatic carbocycles. The number of nitrogens with one attached hydrogen (secondary N) is 1. The van der Waals surface area contributed by atoms with Crippen LogP contribution in [0, 0.1) is 26.3 Å². The number of fused-ring (bicyclic) bond motifs is 4. The van der Waals surface area contributed by atoms with E-state index in [4.69, 9.17) is 8.22 Å². The summed E-state index contributed by atoms with van der Waals surface area (Å²) in [5, 5.41) is 3.39. The summed E-state index contributed by atoms with van der Waals surface area (Å²) < 4.78 is 126. The third kappa shape index (κ3) is 10.1. The summed E-state index contributed by atoms with van der Waals surface area (Å²) in [7, 11) is 0. The van der Waals surface area contributed by atoms with E-state index in [1.54, 1.807) is 18.8 Å². The summed E-state index contributed by atoms with van der Waals surface area (Å²) in [4.78, 5) is 8.42. The fraction of sp³-hybridized carbons (Fsp3) is 0.269. The van der Waals surface area contributed by atoms with Gasteiger partial charge in [-0.2, -0.15) is 39.7 Å². The van der Waals surface area contributed by atoms with Crippen LogP contribution in [-0.2, 0) is 33.4 Å². The van der Waals surface area contributed by atoms with Crippen molar-refractivity contribution in [3.8, 4) is 11.1 Å². The molecule has 1 N–H and O–H groups in total. The predicted molar refractivity (Wildman–Crippen MR) is 247 cm³/mol. The molecule has 8 rings (SSSR count). The first kappa shape index (κ1) is 40.1. The molecule has 0 saturated heterocycles. The molecule has 0 fully saturated rings. The average molecular weight is 1060 g/mol. The molecule has 2 heterocycles. The van der Waals surface area contributed by atoms with Gasteiger partial charge in [0.15, 0.2) is 0 Å². The van der Waals surface area contributed by atoms with Crippen molar-refractivity contribution in [2.45, 2.75) is 78.6 Å². The molecule has 1 aromatic heterocycles. The van der Waals surface area contributed by atoms with Crippen LogP contribution in [0.2, 0.25) is 0 Å². The average Bonchev–Trinajstić information content (AvgIpc) is 3.84. The molecule has 336 valence electrons. The Balaban J connectivity index is 0.000000304. The molecule has 0 amide bonds. The number of halogens is 6. The molecule has 0 unspecified atom stereocenters. The first-order valence-electron chi connectivity index (χ1n) is 23.5. The van der Waals surface area contributed by atoms with Crippen LogP contribution in [0.25, 0.3) is 32.9 Å². The van der Waals surface area contributed by atoms with Crippen LogP contribution < -0.4 is 25.0 Å². The van der Waals surface area contributed by atoms with Crippen molar-refractivity contribution in [1.29, 1.82) is 0 Å². The zero-order chi connectivity index (χ0) is 50.5. The Morgan fingerprint density at radius 1 is 0.719 bits per heavy atom. The minimum Gasteiger partial charge on any atom is -0.657 e. The van der Waals surface area contributed by atoms with Gasteiger partial charge in [-0.1, -0.05) is 108 Å². The number of para-hydroxylation sites is 3. The van der Waals surface area contributed by atoms with Crippen molar-refractivity contribution in [3.05, 3.63) is 162 Å². The fourth-order valence-electron chi connectivity index (χ4n) is 7.72. The number of alkyl halides is 6. The Bertz CT molecular complexity index is 2880. The van der Waals surface area contributed by atoms with Gasteiger partial charge in [-0.25, -0.2) is 0 Å². The summed E-state index contributed by atoms with van der Waals surface area (Å²) in [5.74, 6) is 0.808. The Labute approximate surface area is 395 Å². The second-order valence-corrected chi connectivity index (χ2v) is 16.6. The van der Waals surface area contributed by atoms with Gasteiger partial charge < -0.3 is 25.0 Å². The van der Waals surface area contributed by atoms with E-state index in [-0.39, 0.29) is 54.7 Å². The van der Waals surface area contributed by atoms with Gasteiger partial charge in [0, 0.05) is 25.3 Å². The van der Waals surface area contributed by atoms with Gasteiger partial charge in [-0.3, -0.25) is 0 Å². The quantitative estimate of drug-likeness (QED) is 0.115. The van der Waals surface area contributed by atoms with Gasteiger partial charge in [0.1, 0.15) is 0 Å². The van der Waals surface area contributed by atoms with Crippen LogP contribution >= 0.6 is 0 Å².